The van der Waals surface area contributed by atoms with Gasteiger partial charge in [-0.05, 0) is 57.4 Å². The topological polar surface area (TPSA) is 53.0 Å². The predicted molar refractivity (Wildman–Crippen MR) is 73.9 cm³/mol. The molecule has 0 bridgehead atoms. The fourth-order valence-corrected chi connectivity index (χ4v) is 3.66. The molecule has 2 rings (SSSR count). The van der Waals surface area contributed by atoms with E-state index in [1.54, 1.807) is 0 Å². The van der Waals surface area contributed by atoms with Crippen molar-refractivity contribution in [2.75, 3.05) is 13.1 Å². The molecule has 0 radical (unpaired) electrons. The molecule has 2 N–H and O–H groups in total. The Morgan fingerprint density at radius 3 is 2.83 bits per heavy atom. The minimum atomic E-state index is -0.537. The summed E-state index contributed by atoms with van der Waals surface area (Å²) in [6, 6.07) is 3.06. The zero-order chi connectivity index (χ0) is 13.2. The molecule has 0 spiro atoms. The van der Waals surface area contributed by atoms with Gasteiger partial charge in [0.1, 0.15) is 5.54 Å². The summed E-state index contributed by atoms with van der Waals surface area (Å²) in [5.41, 5.74) is 5.66. The minimum Gasteiger partial charge on any atom is -0.313 e. The number of nitrogens with zero attached hydrogens (tertiary/aromatic N) is 2. The van der Waals surface area contributed by atoms with Crippen LogP contribution in [0.4, 0.5) is 0 Å². The van der Waals surface area contributed by atoms with Crippen LogP contribution in [0.15, 0.2) is 0 Å². The summed E-state index contributed by atoms with van der Waals surface area (Å²) in [5.74, 6) is 1.23. The first kappa shape index (κ1) is 13.8. The van der Waals surface area contributed by atoms with Crippen molar-refractivity contribution < 1.29 is 0 Å². The molecule has 2 aliphatic rings. The van der Waals surface area contributed by atoms with Gasteiger partial charge >= 0.3 is 0 Å². The first-order chi connectivity index (χ1) is 8.55. The normalized spacial score (nSPS) is 41.8. The average molecular weight is 249 g/mol. The largest absolute Gasteiger partial charge is 0.313 e. The number of nitriles is 1. The highest BCUT2D eigenvalue weighted by Crippen LogP contribution is 2.36. The van der Waals surface area contributed by atoms with Crippen LogP contribution in [0.25, 0.3) is 0 Å². The molecule has 0 amide bonds. The van der Waals surface area contributed by atoms with Crippen LogP contribution in [0, 0.1) is 23.2 Å². The van der Waals surface area contributed by atoms with E-state index in [0.717, 1.165) is 38.1 Å². The van der Waals surface area contributed by atoms with Gasteiger partial charge in [0.05, 0.1) is 6.07 Å². The predicted octanol–water partition coefficient (Wildman–Crippen LogP) is 2.52. The third-order valence-corrected chi connectivity index (χ3v) is 5.09. The summed E-state index contributed by atoms with van der Waals surface area (Å²) < 4.78 is 0. The molecule has 1 heterocycles. The maximum absolute atomic E-state index is 9.24. The molecule has 1 saturated heterocycles. The summed E-state index contributed by atoms with van der Waals surface area (Å²) in [6.45, 7) is 7.02. The fourth-order valence-electron chi connectivity index (χ4n) is 3.66. The molecule has 0 aromatic carbocycles. The van der Waals surface area contributed by atoms with E-state index in [2.05, 4.69) is 24.8 Å². The van der Waals surface area contributed by atoms with Crippen molar-refractivity contribution in [1.82, 2.24) is 4.90 Å². The van der Waals surface area contributed by atoms with E-state index in [-0.39, 0.29) is 0 Å². The van der Waals surface area contributed by atoms with Gasteiger partial charge in [-0.2, -0.15) is 5.26 Å². The van der Waals surface area contributed by atoms with Gasteiger partial charge < -0.3 is 10.6 Å². The molecule has 102 valence electrons. The van der Waals surface area contributed by atoms with Crippen molar-refractivity contribution in [2.24, 2.45) is 17.6 Å². The van der Waals surface area contributed by atoms with E-state index in [9.17, 15) is 5.26 Å². The number of hydrogen-bond acceptors (Lipinski definition) is 3. The highest BCUT2D eigenvalue weighted by molar-refractivity contribution is 5.12. The molecule has 1 saturated carbocycles. The number of hydrogen-bond donors (Lipinski definition) is 1. The first-order valence-electron chi connectivity index (χ1n) is 7.49. The van der Waals surface area contributed by atoms with Gasteiger partial charge in [-0.1, -0.05) is 13.3 Å². The Morgan fingerprint density at radius 1 is 1.33 bits per heavy atom. The second-order valence-corrected chi connectivity index (χ2v) is 6.56. The lowest BCUT2D eigenvalue weighted by atomic mass is 9.86. The van der Waals surface area contributed by atoms with E-state index in [0.29, 0.717) is 12.0 Å². The Kier molecular flexibility index (Phi) is 4.29. The summed E-state index contributed by atoms with van der Waals surface area (Å²) >= 11 is 0. The van der Waals surface area contributed by atoms with Crippen molar-refractivity contribution in [1.29, 1.82) is 5.26 Å². The van der Waals surface area contributed by atoms with Gasteiger partial charge in [-0.15, -0.1) is 0 Å². The van der Waals surface area contributed by atoms with E-state index < -0.39 is 5.54 Å². The van der Waals surface area contributed by atoms with Crippen LogP contribution in [-0.4, -0.2) is 29.6 Å². The molecule has 0 aromatic heterocycles. The van der Waals surface area contributed by atoms with Gasteiger partial charge in [0.15, 0.2) is 0 Å². The summed E-state index contributed by atoms with van der Waals surface area (Å²) in [4.78, 5) is 2.60. The molecule has 4 atom stereocenters. The van der Waals surface area contributed by atoms with Crippen molar-refractivity contribution >= 4 is 0 Å². The summed E-state index contributed by atoms with van der Waals surface area (Å²) in [6.07, 6.45) is 6.93. The highest BCUT2D eigenvalue weighted by atomic mass is 15.2. The second-order valence-electron chi connectivity index (χ2n) is 6.56. The summed E-state index contributed by atoms with van der Waals surface area (Å²) in [7, 11) is 0. The molecule has 3 nitrogen and oxygen atoms in total. The van der Waals surface area contributed by atoms with Crippen molar-refractivity contribution in [3.05, 3.63) is 0 Å². The molecular formula is C15H27N3. The lowest BCUT2D eigenvalue weighted by Crippen LogP contribution is -2.45. The SMILES string of the molecule is CC1CCC(C)N(CCC2CCCC2(N)C#N)C1. The van der Waals surface area contributed by atoms with E-state index in [1.807, 2.05) is 0 Å². The van der Waals surface area contributed by atoms with Gasteiger partial charge in [0.25, 0.3) is 0 Å². The third-order valence-electron chi connectivity index (χ3n) is 5.09. The molecule has 1 aliphatic heterocycles. The Hall–Kier alpha value is -0.590. The molecule has 1 aliphatic carbocycles. The molecule has 4 unspecified atom stereocenters. The second kappa shape index (κ2) is 5.59. The first-order valence-corrected chi connectivity index (χ1v) is 7.49. The molecule has 3 heteroatoms. The molecule has 18 heavy (non-hydrogen) atoms. The lowest BCUT2D eigenvalue weighted by Gasteiger charge is -2.38. The third kappa shape index (κ3) is 2.87. The van der Waals surface area contributed by atoms with Crippen molar-refractivity contribution in [3.8, 4) is 6.07 Å². The number of likely N-dealkylation sites (tertiary alicyclic amines) is 1. The monoisotopic (exact) mass is 249 g/mol. The van der Waals surface area contributed by atoms with Gasteiger partial charge in [0.2, 0.25) is 0 Å². The zero-order valence-electron chi connectivity index (χ0n) is 11.9. The highest BCUT2D eigenvalue weighted by Gasteiger charge is 2.39. The van der Waals surface area contributed by atoms with Crippen LogP contribution in [0.1, 0.15) is 52.4 Å². The quantitative estimate of drug-likeness (QED) is 0.836. The Bertz CT molecular complexity index is 322. The average Bonchev–Trinajstić information content (AvgIpc) is 2.73. The maximum Gasteiger partial charge on any atom is 0.107 e. The van der Waals surface area contributed by atoms with Crippen LogP contribution in [0.2, 0.25) is 0 Å². The standard InChI is InChI=1S/C15H27N3/c1-12-5-6-13(2)18(10-12)9-7-14-4-3-8-15(14,17)11-16/h12-14H,3-10,17H2,1-2H3. The van der Waals surface area contributed by atoms with E-state index in [1.165, 1.54) is 19.4 Å². The van der Waals surface area contributed by atoms with E-state index in [4.69, 9.17) is 5.73 Å². The maximum atomic E-state index is 9.24. The zero-order valence-corrected chi connectivity index (χ0v) is 11.9. The van der Waals surface area contributed by atoms with Crippen molar-refractivity contribution in [3.63, 3.8) is 0 Å². The van der Waals surface area contributed by atoms with Gasteiger partial charge in [-0.25, -0.2) is 0 Å². The Morgan fingerprint density at radius 2 is 2.11 bits per heavy atom. The van der Waals surface area contributed by atoms with Gasteiger partial charge in [0, 0.05) is 12.6 Å². The van der Waals surface area contributed by atoms with Crippen LogP contribution < -0.4 is 5.73 Å². The van der Waals surface area contributed by atoms with E-state index >= 15 is 0 Å². The van der Waals surface area contributed by atoms with Crippen LogP contribution in [0.3, 0.4) is 0 Å². The minimum absolute atomic E-state index is 0.409. The molecule has 2 fully saturated rings. The van der Waals surface area contributed by atoms with Crippen LogP contribution in [0.5, 0.6) is 0 Å². The van der Waals surface area contributed by atoms with Gasteiger partial charge in [-0.3, -0.25) is 0 Å². The summed E-state index contributed by atoms with van der Waals surface area (Å²) in [5, 5.41) is 9.24. The molecular weight excluding hydrogens is 222 g/mol. The number of rotatable bonds is 3. The van der Waals surface area contributed by atoms with Crippen molar-refractivity contribution in [2.45, 2.75) is 64.0 Å². The fraction of sp³-hybridized carbons (Fsp3) is 0.933. The Labute approximate surface area is 111 Å². The Balaban J connectivity index is 1.86. The number of piperidine rings is 1. The molecule has 0 aromatic rings. The lowest BCUT2D eigenvalue weighted by molar-refractivity contribution is 0.114. The van der Waals surface area contributed by atoms with Crippen LogP contribution >= 0.6 is 0 Å². The smallest absolute Gasteiger partial charge is 0.107 e. The van der Waals surface area contributed by atoms with Crippen LogP contribution in [-0.2, 0) is 0 Å². The number of nitrogens with two attached hydrogens (primary N) is 1.